The lowest BCUT2D eigenvalue weighted by molar-refractivity contribution is -0.133. The van der Waals surface area contributed by atoms with Gasteiger partial charge >= 0.3 is 6.09 Å². The van der Waals surface area contributed by atoms with Gasteiger partial charge in [-0.3, -0.25) is 4.79 Å². The van der Waals surface area contributed by atoms with Crippen LogP contribution in [0.5, 0.6) is 0 Å². The van der Waals surface area contributed by atoms with E-state index < -0.39 is 6.09 Å². The minimum absolute atomic E-state index is 0.104. The molecular weight excluding hydrogens is 358 g/mol. The zero-order valence-electron chi connectivity index (χ0n) is 13.5. The van der Waals surface area contributed by atoms with Gasteiger partial charge in [-0.2, -0.15) is 0 Å². The van der Waals surface area contributed by atoms with Crippen LogP contribution in [0.15, 0.2) is 30.3 Å². The summed E-state index contributed by atoms with van der Waals surface area (Å²) in [5.74, 6) is -0.249. The van der Waals surface area contributed by atoms with Crippen molar-refractivity contribution >= 4 is 27.9 Å². The number of alkyl halides is 1. The molecule has 0 radical (unpaired) electrons. The zero-order chi connectivity index (χ0) is 16.7. The fourth-order valence-corrected chi connectivity index (χ4v) is 3.25. The largest absolute Gasteiger partial charge is 0.447 e. The lowest BCUT2D eigenvalue weighted by Gasteiger charge is -2.23. The SMILES string of the molecule is C[C@@H](CCCCCBr)C(=O)N1C(=O)OC[C@@H]1Cc1ccccc1. The van der Waals surface area contributed by atoms with Gasteiger partial charge in [0.2, 0.25) is 5.91 Å². The number of carbonyl (C=O) groups is 2. The fraction of sp³-hybridized carbons (Fsp3) is 0.556. The van der Waals surface area contributed by atoms with Crippen LogP contribution in [0.25, 0.3) is 0 Å². The third-order valence-electron chi connectivity index (χ3n) is 4.20. The third-order valence-corrected chi connectivity index (χ3v) is 4.77. The summed E-state index contributed by atoms with van der Waals surface area (Å²) in [5, 5.41) is 0.993. The first kappa shape index (κ1) is 18.0. The standard InChI is InChI=1S/C18H24BrNO3/c1-14(8-4-3-7-11-19)17(21)20-16(13-23-18(20)22)12-15-9-5-2-6-10-15/h2,5-6,9-10,14,16H,3-4,7-8,11-13H2,1H3/t14-,16-/m0/s1. The summed E-state index contributed by atoms with van der Waals surface area (Å²) in [4.78, 5) is 25.9. The van der Waals surface area contributed by atoms with Gasteiger partial charge in [0.05, 0.1) is 6.04 Å². The highest BCUT2D eigenvalue weighted by molar-refractivity contribution is 9.09. The number of halogens is 1. The van der Waals surface area contributed by atoms with E-state index in [1.54, 1.807) is 0 Å². The van der Waals surface area contributed by atoms with Gasteiger partial charge in [0.25, 0.3) is 0 Å². The molecule has 5 heteroatoms. The maximum Gasteiger partial charge on any atom is 0.416 e. The zero-order valence-corrected chi connectivity index (χ0v) is 15.1. The summed E-state index contributed by atoms with van der Waals surface area (Å²) < 4.78 is 5.12. The highest BCUT2D eigenvalue weighted by Gasteiger charge is 2.39. The number of unbranched alkanes of at least 4 members (excludes halogenated alkanes) is 2. The van der Waals surface area contributed by atoms with Gasteiger partial charge in [0, 0.05) is 11.2 Å². The van der Waals surface area contributed by atoms with Crippen molar-refractivity contribution in [1.29, 1.82) is 0 Å². The number of ether oxygens (including phenoxy) is 1. The van der Waals surface area contributed by atoms with Crippen molar-refractivity contribution in [2.75, 3.05) is 11.9 Å². The van der Waals surface area contributed by atoms with Crippen LogP contribution in [-0.2, 0) is 16.0 Å². The van der Waals surface area contributed by atoms with E-state index in [0.29, 0.717) is 6.42 Å². The summed E-state index contributed by atoms with van der Waals surface area (Å²) in [7, 11) is 0. The van der Waals surface area contributed by atoms with Crippen LogP contribution in [0.1, 0.15) is 38.2 Å². The van der Waals surface area contributed by atoms with Crippen molar-refractivity contribution in [3.8, 4) is 0 Å². The molecule has 2 atom stereocenters. The molecule has 0 unspecified atom stereocenters. The molecule has 1 saturated heterocycles. The Hall–Kier alpha value is -1.36. The molecule has 1 aliphatic heterocycles. The van der Waals surface area contributed by atoms with Crippen molar-refractivity contribution in [3.63, 3.8) is 0 Å². The molecule has 2 rings (SSSR count). The van der Waals surface area contributed by atoms with Crippen LogP contribution in [0, 0.1) is 5.92 Å². The number of carbonyl (C=O) groups excluding carboxylic acids is 2. The second-order valence-corrected chi connectivity index (χ2v) is 6.86. The molecule has 1 aromatic carbocycles. The predicted octanol–water partition coefficient (Wildman–Crippen LogP) is 4.17. The van der Waals surface area contributed by atoms with E-state index >= 15 is 0 Å². The Kier molecular flexibility index (Phi) is 7.09. The van der Waals surface area contributed by atoms with Gasteiger partial charge in [-0.15, -0.1) is 0 Å². The summed E-state index contributed by atoms with van der Waals surface area (Å²) in [6, 6.07) is 9.71. The van der Waals surface area contributed by atoms with Crippen LogP contribution >= 0.6 is 15.9 Å². The van der Waals surface area contributed by atoms with E-state index in [9.17, 15) is 9.59 Å². The molecular formula is C18H24BrNO3. The molecule has 1 heterocycles. The first-order chi connectivity index (χ1) is 11.1. The lowest BCUT2D eigenvalue weighted by atomic mass is 10.00. The molecule has 1 aliphatic rings. The molecule has 0 N–H and O–H groups in total. The molecule has 0 spiro atoms. The van der Waals surface area contributed by atoms with Crippen molar-refractivity contribution in [3.05, 3.63) is 35.9 Å². The van der Waals surface area contributed by atoms with Gasteiger partial charge in [0.1, 0.15) is 6.61 Å². The number of imide groups is 1. The molecule has 0 aromatic heterocycles. The summed E-state index contributed by atoms with van der Waals surface area (Å²) >= 11 is 3.41. The maximum atomic E-state index is 12.6. The highest BCUT2D eigenvalue weighted by Crippen LogP contribution is 2.22. The van der Waals surface area contributed by atoms with Crippen molar-refractivity contribution in [1.82, 2.24) is 4.90 Å². The van der Waals surface area contributed by atoms with Crippen molar-refractivity contribution < 1.29 is 14.3 Å². The topological polar surface area (TPSA) is 46.6 Å². The van der Waals surface area contributed by atoms with E-state index in [1.807, 2.05) is 37.3 Å². The van der Waals surface area contributed by atoms with Crippen LogP contribution in [0.3, 0.4) is 0 Å². The number of cyclic esters (lactones) is 1. The second-order valence-electron chi connectivity index (χ2n) is 6.07. The lowest BCUT2D eigenvalue weighted by Crippen LogP contribution is -2.43. The van der Waals surface area contributed by atoms with Crippen molar-refractivity contribution in [2.45, 2.75) is 45.1 Å². The monoisotopic (exact) mass is 381 g/mol. The average Bonchev–Trinajstić information content (AvgIpc) is 2.92. The van der Waals surface area contributed by atoms with Gasteiger partial charge in [0.15, 0.2) is 0 Å². The molecule has 1 fully saturated rings. The Morgan fingerprint density at radius 2 is 2.04 bits per heavy atom. The minimum atomic E-state index is -0.497. The molecule has 1 aromatic rings. The Labute approximate surface area is 146 Å². The summed E-state index contributed by atoms with van der Waals surface area (Å²) in [5.41, 5.74) is 1.11. The number of nitrogens with zero attached hydrogens (tertiary/aromatic N) is 1. The molecule has 2 amide bonds. The minimum Gasteiger partial charge on any atom is -0.447 e. The van der Waals surface area contributed by atoms with Crippen molar-refractivity contribution in [2.24, 2.45) is 5.92 Å². The Morgan fingerprint density at radius 1 is 1.30 bits per heavy atom. The Morgan fingerprint density at radius 3 is 2.74 bits per heavy atom. The van der Waals surface area contributed by atoms with E-state index in [-0.39, 0.29) is 24.5 Å². The van der Waals surface area contributed by atoms with Crippen LogP contribution in [-0.4, -0.2) is 34.9 Å². The van der Waals surface area contributed by atoms with Gasteiger partial charge in [-0.1, -0.05) is 66.0 Å². The molecule has 126 valence electrons. The van der Waals surface area contributed by atoms with Gasteiger partial charge in [-0.05, 0) is 24.8 Å². The van der Waals surface area contributed by atoms with E-state index in [0.717, 1.165) is 36.6 Å². The summed E-state index contributed by atoms with van der Waals surface area (Å²) in [6.07, 6.45) is 4.18. The Balaban J connectivity index is 1.94. The molecule has 4 nitrogen and oxygen atoms in total. The quantitative estimate of drug-likeness (QED) is 0.501. The molecule has 0 bridgehead atoms. The van der Waals surface area contributed by atoms with Gasteiger partial charge in [-0.25, -0.2) is 9.69 Å². The number of benzene rings is 1. The number of amides is 2. The smallest absolute Gasteiger partial charge is 0.416 e. The summed E-state index contributed by atoms with van der Waals surface area (Å²) in [6.45, 7) is 2.19. The number of rotatable bonds is 8. The van der Waals surface area contributed by atoms with Crippen LogP contribution < -0.4 is 0 Å². The average molecular weight is 382 g/mol. The van der Waals surface area contributed by atoms with Crippen LogP contribution in [0.2, 0.25) is 0 Å². The Bertz CT molecular complexity index is 520. The van der Waals surface area contributed by atoms with E-state index in [4.69, 9.17) is 4.74 Å². The maximum absolute atomic E-state index is 12.6. The normalized spacial score (nSPS) is 18.8. The number of hydrogen-bond acceptors (Lipinski definition) is 3. The molecule has 0 aliphatic carbocycles. The molecule has 23 heavy (non-hydrogen) atoms. The fourth-order valence-electron chi connectivity index (χ4n) is 2.85. The second kappa shape index (κ2) is 9.06. The highest BCUT2D eigenvalue weighted by atomic mass is 79.9. The van der Waals surface area contributed by atoms with E-state index in [1.165, 1.54) is 4.90 Å². The number of hydrogen-bond donors (Lipinski definition) is 0. The van der Waals surface area contributed by atoms with Crippen LogP contribution in [0.4, 0.5) is 4.79 Å². The first-order valence-electron chi connectivity index (χ1n) is 8.23. The third kappa shape index (κ3) is 5.06. The first-order valence-corrected chi connectivity index (χ1v) is 9.35. The molecule has 0 saturated carbocycles. The van der Waals surface area contributed by atoms with E-state index in [2.05, 4.69) is 15.9 Å². The predicted molar refractivity (Wildman–Crippen MR) is 93.6 cm³/mol. The van der Waals surface area contributed by atoms with Gasteiger partial charge < -0.3 is 4.74 Å².